The number of ether oxygens (including phenoxy) is 1. The third-order valence-electron chi connectivity index (χ3n) is 3.70. The second-order valence-electron chi connectivity index (χ2n) is 5.84. The molecule has 0 saturated carbocycles. The smallest absolute Gasteiger partial charge is 0.789 e. The number of aliphatic hydroxyl groups is 1. The zero-order chi connectivity index (χ0) is 22.3. The van der Waals surface area contributed by atoms with Gasteiger partial charge in [-0.15, -0.1) is 0 Å². The summed E-state index contributed by atoms with van der Waals surface area (Å²) in [5, 5.41) is 10.1. The number of hydrogen-bond donors (Lipinski definition) is 3. The number of aromatic nitrogens is 4. The molecule has 4 N–H and O–H groups in total. The standard InChI is InChI=1S/C10H16N5O12P3.3Na/c11-9-8-10(13-3-12-9)15(4-14-8)7-1-5(16)6(25-7)2-24-29(20,21)27-30(22,23)26-28(17,18)19;;;/h3-7,16H,1-2H2,(H,20,21)(H,22,23)(H2,11,12,13)(H2,17,18,19);;;/q;3*+1/p-3/t5-,6+,7+;;;/m0.../s1. The Labute approximate surface area is 252 Å². The van der Waals surface area contributed by atoms with Crippen molar-refractivity contribution < 1.29 is 145 Å². The first-order chi connectivity index (χ1) is 13.8. The van der Waals surface area contributed by atoms with Gasteiger partial charge >= 0.3 is 96.5 Å². The Kier molecular flexibility index (Phi) is 14.2. The van der Waals surface area contributed by atoms with E-state index in [0.717, 1.165) is 0 Å². The van der Waals surface area contributed by atoms with E-state index in [1.165, 1.54) is 17.2 Å². The normalized spacial score (nSPS) is 24.1. The Bertz CT molecular complexity index is 1090. The maximum Gasteiger partial charge on any atom is 1.00 e. The van der Waals surface area contributed by atoms with Crippen molar-refractivity contribution in [3.8, 4) is 0 Å². The molecule has 1 saturated heterocycles. The summed E-state index contributed by atoms with van der Waals surface area (Å²) in [5.41, 5.74) is 6.25. The van der Waals surface area contributed by atoms with Crippen molar-refractivity contribution in [2.45, 2.75) is 24.9 Å². The summed E-state index contributed by atoms with van der Waals surface area (Å²) in [7, 11) is -17.5. The number of anilines is 1. The van der Waals surface area contributed by atoms with Crippen LogP contribution in [0.15, 0.2) is 12.7 Å². The largest absolute Gasteiger partial charge is 1.00 e. The van der Waals surface area contributed by atoms with Crippen LogP contribution in [0.4, 0.5) is 5.82 Å². The maximum atomic E-state index is 11.6. The second-order valence-corrected chi connectivity index (χ2v) is 10.1. The third kappa shape index (κ3) is 9.82. The minimum absolute atomic E-state index is 0. The number of phosphoric acid groups is 3. The molecule has 0 spiro atoms. The number of hydrogen-bond acceptors (Lipinski definition) is 15. The monoisotopic (exact) mass is 557 g/mol. The van der Waals surface area contributed by atoms with Gasteiger partial charge in [0.1, 0.15) is 24.2 Å². The molecule has 5 atom stereocenters. The molecule has 2 unspecified atom stereocenters. The fourth-order valence-electron chi connectivity index (χ4n) is 2.57. The van der Waals surface area contributed by atoms with Crippen LogP contribution in [-0.4, -0.2) is 48.3 Å². The molecule has 1 aliphatic heterocycles. The van der Waals surface area contributed by atoms with E-state index in [2.05, 4.69) is 28.1 Å². The van der Waals surface area contributed by atoms with Gasteiger partial charge in [0.25, 0.3) is 7.82 Å². The zero-order valence-electron chi connectivity index (χ0n) is 17.5. The van der Waals surface area contributed by atoms with Gasteiger partial charge in [-0.2, -0.15) is 0 Å². The fourth-order valence-corrected chi connectivity index (χ4v) is 5.50. The molecule has 0 aliphatic carbocycles. The summed E-state index contributed by atoms with van der Waals surface area (Å²) in [4.78, 5) is 53.1. The van der Waals surface area contributed by atoms with Crippen LogP contribution in [0.5, 0.6) is 0 Å². The minimum Gasteiger partial charge on any atom is -0.789 e. The van der Waals surface area contributed by atoms with Crippen LogP contribution in [0.3, 0.4) is 0 Å². The van der Waals surface area contributed by atoms with Gasteiger partial charge in [0.15, 0.2) is 11.5 Å². The Balaban J connectivity index is 0.00000341. The van der Waals surface area contributed by atoms with E-state index in [9.17, 15) is 33.5 Å². The Morgan fingerprint density at radius 2 is 1.79 bits per heavy atom. The van der Waals surface area contributed by atoms with E-state index >= 15 is 0 Å². The van der Waals surface area contributed by atoms with Crippen molar-refractivity contribution in [2.75, 3.05) is 12.3 Å². The molecule has 0 aromatic carbocycles. The summed E-state index contributed by atoms with van der Waals surface area (Å²) >= 11 is 0. The van der Waals surface area contributed by atoms with E-state index in [-0.39, 0.29) is 112 Å². The molecule has 33 heavy (non-hydrogen) atoms. The first-order valence-corrected chi connectivity index (χ1v) is 12.2. The second kappa shape index (κ2) is 13.5. The first-order valence-electron chi connectivity index (χ1n) is 7.76. The first kappa shape index (κ1) is 34.7. The quantitative estimate of drug-likeness (QED) is 0.201. The molecule has 1 fully saturated rings. The predicted molar refractivity (Wildman–Crippen MR) is 87.4 cm³/mol. The average molecular weight is 557 g/mol. The van der Waals surface area contributed by atoms with Crippen molar-refractivity contribution in [2.24, 2.45) is 0 Å². The summed E-state index contributed by atoms with van der Waals surface area (Å²) in [6.45, 7) is -0.880. The molecule has 0 amide bonds. The average Bonchev–Trinajstić information content (AvgIpc) is 3.14. The van der Waals surface area contributed by atoms with Gasteiger partial charge in [-0.3, -0.25) is 13.4 Å². The molecule has 23 heteroatoms. The van der Waals surface area contributed by atoms with Crippen LogP contribution in [0.25, 0.3) is 11.2 Å². The van der Waals surface area contributed by atoms with Gasteiger partial charge < -0.3 is 44.2 Å². The fraction of sp³-hybridized carbons (Fsp3) is 0.500. The van der Waals surface area contributed by atoms with Crippen LogP contribution in [-0.2, 0) is 31.6 Å². The molecular formula is C10H13N5Na3O12P3. The van der Waals surface area contributed by atoms with Crippen LogP contribution in [0, 0.1) is 0 Å². The molecule has 2 aromatic heterocycles. The van der Waals surface area contributed by atoms with Gasteiger partial charge in [0.2, 0.25) is 0 Å². The van der Waals surface area contributed by atoms with Gasteiger partial charge in [0, 0.05) is 6.42 Å². The summed E-state index contributed by atoms with van der Waals surface area (Å²) in [6, 6.07) is 0. The summed E-state index contributed by atoms with van der Waals surface area (Å²) < 4.78 is 51.1. The minimum atomic E-state index is -6.03. The number of aliphatic hydroxyl groups excluding tert-OH is 1. The number of fused-ring (bicyclic) bond motifs is 1. The van der Waals surface area contributed by atoms with Crippen molar-refractivity contribution in [1.29, 1.82) is 0 Å². The topological polar surface area (TPSA) is 267 Å². The van der Waals surface area contributed by atoms with Gasteiger partial charge in [-0.1, -0.05) is 0 Å². The van der Waals surface area contributed by atoms with E-state index in [1.54, 1.807) is 0 Å². The van der Waals surface area contributed by atoms with E-state index in [1.807, 2.05) is 0 Å². The Morgan fingerprint density at radius 1 is 1.15 bits per heavy atom. The van der Waals surface area contributed by atoms with Gasteiger partial charge in [-0.25, -0.2) is 23.8 Å². The van der Waals surface area contributed by atoms with Gasteiger partial charge in [0.05, 0.1) is 26.9 Å². The van der Waals surface area contributed by atoms with E-state index in [0.29, 0.717) is 0 Å². The molecule has 3 rings (SSSR count). The molecule has 1 aliphatic rings. The van der Waals surface area contributed by atoms with E-state index < -0.39 is 48.5 Å². The summed E-state index contributed by atoms with van der Waals surface area (Å²) in [6.07, 6.45) is -0.871. The Morgan fingerprint density at radius 3 is 2.39 bits per heavy atom. The molecule has 3 heterocycles. The number of nitrogen functional groups attached to an aromatic ring is 1. The Hall–Kier alpha value is 1.68. The van der Waals surface area contributed by atoms with Crippen LogP contribution < -0.4 is 109 Å². The van der Waals surface area contributed by atoms with Crippen LogP contribution in [0.2, 0.25) is 0 Å². The summed E-state index contributed by atoms with van der Waals surface area (Å²) in [5.74, 6) is 0.109. The zero-order valence-corrected chi connectivity index (χ0v) is 26.2. The molecular weight excluding hydrogens is 544 g/mol. The van der Waals surface area contributed by atoms with Gasteiger partial charge in [-0.05, 0) is 0 Å². The molecule has 168 valence electrons. The molecule has 2 aromatic rings. The number of nitrogens with two attached hydrogens (primary N) is 1. The predicted octanol–water partition coefficient (Wildman–Crippen LogP) is -11.5. The van der Waals surface area contributed by atoms with Crippen LogP contribution >= 0.6 is 23.5 Å². The van der Waals surface area contributed by atoms with E-state index in [4.69, 9.17) is 15.4 Å². The number of rotatable bonds is 8. The number of phosphoric ester groups is 1. The van der Waals surface area contributed by atoms with Crippen LogP contribution in [0.1, 0.15) is 12.6 Å². The van der Waals surface area contributed by atoms with Crippen molar-refractivity contribution >= 4 is 40.4 Å². The molecule has 0 bridgehead atoms. The van der Waals surface area contributed by atoms with Crippen molar-refractivity contribution in [3.63, 3.8) is 0 Å². The number of imidazole rings is 1. The van der Waals surface area contributed by atoms with Crippen molar-refractivity contribution in [1.82, 2.24) is 19.5 Å². The SMILES string of the molecule is Nc1ncnc2c1ncn2[C@H]1C[C@H](O)[C@@H](COP(=O)([O-])OP(=O)(O)OP(=O)([O-])[O-])O1.[Na+].[Na+].[Na+]. The molecule has 17 nitrogen and oxygen atoms in total. The number of nitrogens with zero attached hydrogens (tertiary/aromatic N) is 4. The third-order valence-corrected chi connectivity index (χ3v) is 7.42. The van der Waals surface area contributed by atoms with Crippen molar-refractivity contribution in [3.05, 3.63) is 12.7 Å². The maximum absolute atomic E-state index is 11.6. The molecule has 0 radical (unpaired) electrons.